The van der Waals surface area contributed by atoms with Gasteiger partial charge in [-0.15, -0.1) is 0 Å². The van der Waals surface area contributed by atoms with Crippen molar-refractivity contribution >= 4 is 16.2 Å². The third-order valence-corrected chi connectivity index (χ3v) is 4.01. The summed E-state index contributed by atoms with van der Waals surface area (Å²) in [7, 11) is -3.51. The minimum atomic E-state index is -3.51. The molecule has 0 aromatic rings. The molecule has 1 aliphatic heterocycles. The number of hydrogen-bond donors (Lipinski definition) is 2. The number of carbonyl (C=O) groups is 1. The van der Waals surface area contributed by atoms with Crippen molar-refractivity contribution in [2.75, 3.05) is 13.1 Å². The van der Waals surface area contributed by atoms with Crippen LogP contribution in [0, 0.1) is 5.92 Å². The smallest absolute Gasteiger partial charge is 0.307 e. The molecule has 1 atom stereocenters. The number of nitrogens with zero attached hydrogens (tertiary/aromatic N) is 1. The molecule has 0 bridgehead atoms. The molecule has 6 nitrogen and oxygen atoms in total. The molecule has 2 N–H and O–H groups in total. The van der Waals surface area contributed by atoms with Crippen LogP contribution in [0.1, 0.15) is 20.3 Å². The molecule has 1 rings (SSSR count). The summed E-state index contributed by atoms with van der Waals surface area (Å²) in [4.78, 5) is 10.7. The second kappa shape index (κ2) is 4.46. The van der Waals surface area contributed by atoms with Gasteiger partial charge in [0.1, 0.15) is 0 Å². The SMILES string of the molecule is CC(C)NS(=O)(=O)N1CCC(C(=O)O)C1. The maximum atomic E-state index is 11.6. The van der Waals surface area contributed by atoms with E-state index in [9.17, 15) is 13.2 Å². The second-order valence-electron chi connectivity index (χ2n) is 3.96. The summed E-state index contributed by atoms with van der Waals surface area (Å²) in [5, 5.41) is 8.74. The lowest BCUT2D eigenvalue weighted by Gasteiger charge is -2.18. The summed E-state index contributed by atoms with van der Waals surface area (Å²) in [6.07, 6.45) is 0.383. The van der Waals surface area contributed by atoms with Crippen molar-refractivity contribution in [3.63, 3.8) is 0 Å². The molecule has 7 heteroatoms. The lowest BCUT2D eigenvalue weighted by atomic mass is 10.1. The van der Waals surface area contributed by atoms with Crippen LogP contribution >= 0.6 is 0 Å². The lowest BCUT2D eigenvalue weighted by Crippen LogP contribution is -2.42. The fraction of sp³-hybridized carbons (Fsp3) is 0.875. The van der Waals surface area contributed by atoms with Gasteiger partial charge < -0.3 is 5.11 Å². The van der Waals surface area contributed by atoms with E-state index < -0.39 is 22.1 Å². The lowest BCUT2D eigenvalue weighted by molar-refractivity contribution is -0.141. The zero-order valence-corrected chi connectivity index (χ0v) is 9.62. The monoisotopic (exact) mass is 236 g/mol. The van der Waals surface area contributed by atoms with Crippen LogP contribution in [-0.4, -0.2) is 42.9 Å². The Morgan fingerprint density at radius 3 is 2.53 bits per heavy atom. The zero-order valence-electron chi connectivity index (χ0n) is 8.80. The third kappa shape index (κ3) is 3.15. The minimum Gasteiger partial charge on any atom is -0.481 e. The Morgan fingerprint density at radius 2 is 2.13 bits per heavy atom. The highest BCUT2D eigenvalue weighted by atomic mass is 32.2. The standard InChI is InChI=1S/C8H16N2O4S/c1-6(2)9-15(13,14)10-4-3-7(5-10)8(11)12/h6-7,9H,3-5H2,1-2H3,(H,11,12). The molecule has 0 amide bonds. The van der Waals surface area contributed by atoms with E-state index >= 15 is 0 Å². The van der Waals surface area contributed by atoms with Gasteiger partial charge in [-0.25, -0.2) is 0 Å². The number of carboxylic acid groups (broad SMARTS) is 1. The topological polar surface area (TPSA) is 86.7 Å². The van der Waals surface area contributed by atoms with E-state index in [1.54, 1.807) is 13.8 Å². The summed E-state index contributed by atoms with van der Waals surface area (Å²) in [5.41, 5.74) is 0. The Kier molecular flexibility index (Phi) is 3.69. The summed E-state index contributed by atoms with van der Waals surface area (Å²) in [6.45, 7) is 3.79. The van der Waals surface area contributed by atoms with Gasteiger partial charge in [0.05, 0.1) is 5.92 Å². The largest absolute Gasteiger partial charge is 0.481 e. The first kappa shape index (κ1) is 12.4. The van der Waals surface area contributed by atoms with Gasteiger partial charge in [-0.05, 0) is 20.3 Å². The first-order valence-electron chi connectivity index (χ1n) is 4.83. The molecule has 1 heterocycles. The normalized spacial score (nSPS) is 23.5. The Bertz CT molecular complexity index is 339. The van der Waals surface area contributed by atoms with E-state index in [2.05, 4.69) is 4.72 Å². The van der Waals surface area contributed by atoms with Crippen LogP contribution in [0.4, 0.5) is 0 Å². The summed E-state index contributed by atoms with van der Waals surface area (Å²) in [5.74, 6) is -1.51. The molecule has 1 aliphatic rings. The van der Waals surface area contributed by atoms with Crippen LogP contribution in [-0.2, 0) is 15.0 Å². The maximum Gasteiger partial charge on any atom is 0.307 e. The predicted molar refractivity (Wildman–Crippen MR) is 54.5 cm³/mol. The van der Waals surface area contributed by atoms with Crippen LogP contribution in [0.25, 0.3) is 0 Å². The summed E-state index contributed by atoms with van der Waals surface area (Å²) in [6, 6.07) is -0.182. The van der Waals surface area contributed by atoms with Gasteiger partial charge in [0, 0.05) is 19.1 Å². The Morgan fingerprint density at radius 1 is 1.53 bits per heavy atom. The van der Waals surface area contributed by atoms with Gasteiger partial charge in [-0.1, -0.05) is 0 Å². The second-order valence-corrected chi connectivity index (χ2v) is 5.66. The molecule has 0 aliphatic carbocycles. The van der Waals surface area contributed by atoms with Crippen molar-refractivity contribution in [2.45, 2.75) is 26.3 Å². The van der Waals surface area contributed by atoms with Crippen molar-refractivity contribution in [3.05, 3.63) is 0 Å². The van der Waals surface area contributed by atoms with Gasteiger partial charge >= 0.3 is 5.97 Å². The van der Waals surface area contributed by atoms with Crippen molar-refractivity contribution < 1.29 is 18.3 Å². The highest BCUT2D eigenvalue weighted by Gasteiger charge is 2.34. The number of hydrogen-bond acceptors (Lipinski definition) is 3. The summed E-state index contributed by atoms with van der Waals surface area (Å²) < 4.78 is 26.9. The molecule has 0 aromatic carbocycles. The molecule has 88 valence electrons. The van der Waals surface area contributed by atoms with Gasteiger partial charge in [-0.3, -0.25) is 4.79 Å². The quantitative estimate of drug-likeness (QED) is 0.697. The van der Waals surface area contributed by atoms with Crippen molar-refractivity contribution in [1.29, 1.82) is 0 Å². The zero-order chi connectivity index (χ0) is 11.6. The average molecular weight is 236 g/mol. The van der Waals surface area contributed by atoms with E-state index in [0.717, 1.165) is 0 Å². The molecular weight excluding hydrogens is 220 g/mol. The number of carboxylic acids is 1. The number of aliphatic carboxylic acids is 1. The van der Waals surface area contributed by atoms with E-state index in [1.165, 1.54) is 4.31 Å². The van der Waals surface area contributed by atoms with E-state index in [4.69, 9.17) is 5.11 Å². The Balaban J connectivity index is 2.64. The third-order valence-electron chi connectivity index (χ3n) is 2.22. The van der Waals surface area contributed by atoms with Gasteiger partial charge in [0.25, 0.3) is 10.2 Å². The predicted octanol–water partition coefficient (Wildman–Crippen LogP) is -0.364. The minimum absolute atomic E-state index is 0.0669. The van der Waals surface area contributed by atoms with Gasteiger partial charge in [0.2, 0.25) is 0 Å². The number of rotatable bonds is 4. The van der Waals surface area contributed by atoms with Crippen LogP contribution < -0.4 is 4.72 Å². The van der Waals surface area contributed by atoms with Crippen molar-refractivity contribution in [2.24, 2.45) is 5.92 Å². The molecule has 1 saturated heterocycles. The molecule has 0 radical (unpaired) electrons. The van der Waals surface area contributed by atoms with E-state index in [1.807, 2.05) is 0 Å². The first-order valence-corrected chi connectivity index (χ1v) is 6.27. The molecule has 0 saturated carbocycles. The van der Waals surface area contributed by atoms with Crippen LogP contribution in [0.3, 0.4) is 0 Å². The van der Waals surface area contributed by atoms with E-state index in [0.29, 0.717) is 6.42 Å². The van der Waals surface area contributed by atoms with Gasteiger partial charge in [0.15, 0.2) is 0 Å². The molecule has 1 unspecified atom stereocenters. The van der Waals surface area contributed by atoms with Crippen molar-refractivity contribution in [3.8, 4) is 0 Å². The number of nitrogens with one attached hydrogen (secondary N) is 1. The fourth-order valence-electron chi connectivity index (χ4n) is 1.52. The van der Waals surface area contributed by atoms with Crippen molar-refractivity contribution in [1.82, 2.24) is 9.03 Å². The molecule has 0 aromatic heterocycles. The van der Waals surface area contributed by atoms with Crippen LogP contribution in [0.15, 0.2) is 0 Å². The highest BCUT2D eigenvalue weighted by molar-refractivity contribution is 7.87. The van der Waals surface area contributed by atoms with Crippen LogP contribution in [0.5, 0.6) is 0 Å². The molecule has 0 spiro atoms. The first-order chi connectivity index (χ1) is 6.83. The Hall–Kier alpha value is -0.660. The molecule has 15 heavy (non-hydrogen) atoms. The van der Waals surface area contributed by atoms with Crippen LogP contribution in [0.2, 0.25) is 0 Å². The average Bonchev–Trinajstić information content (AvgIpc) is 2.48. The van der Waals surface area contributed by atoms with Gasteiger partial charge in [-0.2, -0.15) is 17.4 Å². The molecular formula is C8H16N2O4S. The molecule has 1 fully saturated rings. The fourth-order valence-corrected chi connectivity index (χ4v) is 2.99. The summed E-state index contributed by atoms with van der Waals surface area (Å²) >= 11 is 0. The van der Waals surface area contributed by atoms with E-state index in [-0.39, 0.29) is 19.1 Å². The highest BCUT2D eigenvalue weighted by Crippen LogP contribution is 2.18. The maximum absolute atomic E-state index is 11.6. The Labute approximate surface area is 89.4 Å².